The van der Waals surface area contributed by atoms with Gasteiger partial charge >= 0.3 is 0 Å². The number of ketones is 1. The van der Waals surface area contributed by atoms with E-state index in [4.69, 9.17) is 4.74 Å². The van der Waals surface area contributed by atoms with Crippen molar-refractivity contribution in [3.05, 3.63) is 99.9 Å². The molecule has 0 bridgehead atoms. The number of carbonyl (C=O) groups is 1. The Kier molecular flexibility index (Phi) is 6.19. The zero-order valence-electron chi connectivity index (χ0n) is 15.7. The van der Waals surface area contributed by atoms with Crippen LogP contribution in [0.4, 0.5) is 15.8 Å². The van der Waals surface area contributed by atoms with Gasteiger partial charge in [-0.25, -0.2) is 4.39 Å². The van der Waals surface area contributed by atoms with E-state index in [1.807, 2.05) is 12.1 Å². The summed E-state index contributed by atoms with van der Waals surface area (Å²) in [5.74, 6) is 0.0828. The van der Waals surface area contributed by atoms with Crippen LogP contribution in [-0.4, -0.2) is 17.8 Å². The van der Waals surface area contributed by atoms with Crippen LogP contribution in [-0.2, 0) is 0 Å². The molecular formula is C22H19FN2O4. The summed E-state index contributed by atoms with van der Waals surface area (Å²) in [5.41, 5.74) is 1.68. The first kappa shape index (κ1) is 20.0. The highest BCUT2D eigenvalue weighted by molar-refractivity contribution is 5.96. The Balaban J connectivity index is 1.88. The van der Waals surface area contributed by atoms with Crippen molar-refractivity contribution in [2.45, 2.75) is 12.5 Å². The number of benzene rings is 3. The second-order valence-electron chi connectivity index (χ2n) is 6.41. The maximum atomic E-state index is 13.1. The number of nitrogens with zero attached hydrogens (tertiary/aromatic N) is 1. The number of nitro benzene ring substituents is 1. The zero-order valence-corrected chi connectivity index (χ0v) is 15.7. The van der Waals surface area contributed by atoms with Crippen molar-refractivity contribution in [3.63, 3.8) is 0 Å². The molecule has 1 N–H and O–H groups in total. The monoisotopic (exact) mass is 394 g/mol. The van der Waals surface area contributed by atoms with E-state index < -0.39 is 16.8 Å². The number of carbonyl (C=O) groups excluding carboxylic acids is 1. The van der Waals surface area contributed by atoms with E-state index in [1.54, 1.807) is 31.4 Å². The van der Waals surface area contributed by atoms with Crippen LogP contribution >= 0.6 is 0 Å². The van der Waals surface area contributed by atoms with Gasteiger partial charge in [0.1, 0.15) is 11.6 Å². The first-order chi connectivity index (χ1) is 14.0. The predicted octanol–water partition coefficient (Wildman–Crippen LogP) is 5.17. The topological polar surface area (TPSA) is 81.5 Å². The van der Waals surface area contributed by atoms with Crippen molar-refractivity contribution in [1.82, 2.24) is 0 Å². The average Bonchev–Trinajstić information content (AvgIpc) is 2.74. The van der Waals surface area contributed by atoms with Gasteiger partial charge in [-0.2, -0.15) is 0 Å². The summed E-state index contributed by atoms with van der Waals surface area (Å²) in [6, 6.07) is 18.2. The van der Waals surface area contributed by atoms with E-state index in [0.717, 1.165) is 5.56 Å². The minimum absolute atomic E-state index is 0.0478. The number of anilines is 1. The molecule has 148 valence electrons. The van der Waals surface area contributed by atoms with Crippen molar-refractivity contribution in [2.75, 3.05) is 12.4 Å². The SMILES string of the molecule is COc1ccc(C(CC(=O)c2ccc(F)cc2)Nc2cccc([N+](=O)[O-])c2)cc1. The number of rotatable bonds is 8. The van der Waals surface area contributed by atoms with Crippen LogP contribution in [0.2, 0.25) is 0 Å². The minimum Gasteiger partial charge on any atom is -0.497 e. The number of methoxy groups -OCH3 is 1. The molecule has 29 heavy (non-hydrogen) atoms. The van der Waals surface area contributed by atoms with Crippen LogP contribution in [0.15, 0.2) is 72.8 Å². The zero-order chi connectivity index (χ0) is 20.8. The number of nitro groups is 1. The van der Waals surface area contributed by atoms with E-state index >= 15 is 0 Å². The van der Waals surface area contributed by atoms with Crippen LogP contribution in [0.1, 0.15) is 28.4 Å². The number of nitrogens with one attached hydrogen (secondary N) is 1. The molecule has 0 saturated heterocycles. The average molecular weight is 394 g/mol. The minimum atomic E-state index is -0.475. The molecule has 0 amide bonds. The molecule has 0 aromatic heterocycles. The van der Waals surface area contributed by atoms with Gasteiger partial charge in [0.2, 0.25) is 0 Å². The molecule has 0 radical (unpaired) electrons. The van der Waals surface area contributed by atoms with Gasteiger partial charge in [-0.3, -0.25) is 14.9 Å². The summed E-state index contributed by atoms with van der Waals surface area (Å²) >= 11 is 0. The fourth-order valence-electron chi connectivity index (χ4n) is 2.94. The Labute approximate surface area is 167 Å². The van der Waals surface area contributed by atoms with Crippen molar-refractivity contribution in [1.29, 1.82) is 0 Å². The Bertz CT molecular complexity index is 1000. The number of hydrogen-bond acceptors (Lipinski definition) is 5. The predicted molar refractivity (Wildman–Crippen MR) is 108 cm³/mol. The van der Waals surface area contributed by atoms with Gasteiger partial charge in [0.25, 0.3) is 5.69 Å². The lowest BCUT2D eigenvalue weighted by molar-refractivity contribution is -0.384. The molecule has 1 atom stereocenters. The lowest BCUT2D eigenvalue weighted by Crippen LogP contribution is -2.16. The summed E-state index contributed by atoms with van der Waals surface area (Å²) in [6.07, 6.45) is 0.0840. The highest BCUT2D eigenvalue weighted by Gasteiger charge is 2.19. The standard InChI is InChI=1S/C22H19FN2O4/c1-29-20-11-7-15(8-12-20)21(14-22(26)16-5-9-17(23)10-6-16)24-18-3-2-4-19(13-18)25(27)28/h2-13,21,24H,14H2,1H3. The second-order valence-corrected chi connectivity index (χ2v) is 6.41. The van der Waals surface area contributed by atoms with Crippen LogP contribution in [0, 0.1) is 15.9 Å². The summed E-state index contributed by atoms with van der Waals surface area (Å²) < 4.78 is 18.3. The normalized spacial score (nSPS) is 11.5. The van der Waals surface area contributed by atoms with E-state index in [2.05, 4.69) is 5.32 Å². The van der Waals surface area contributed by atoms with Crippen molar-refractivity contribution in [3.8, 4) is 5.75 Å². The van der Waals surface area contributed by atoms with Gasteiger partial charge in [0.05, 0.1) is 18.1 Å². The number of hydrogen-bond donors (Lipinski definition) is 1. The first-order valence-electron chi connectivity index (χ1n) is 8.90. The van der Waals surface area contributed by atoms with Crippen molar-refractivity contribution in [2.24, 2.45) is 0 Å². The van der Waals surface area contributed by atoms with Gasteiger partial charge in [0, 0.05) is 29.8 Å². The lowest BCUT2D eigenvalue weighted by atomic mass is 9.97. The lowest BCUT2D eigenvalue weighted by Gasteiger charge is -2.20. The number of ether oxygens (including phenoxy) is 1. The van der Waals surface area contributed by atoms with Gasteiger partial charge in [-0.15, -0.1) is 0 Å². The molecule has 3 rings (SSSR count). The first-order valence-corrected chi connectivity index (χ1v) is 8.90. The summed E-state index contributed by atoms with van der Waals surface area (Å²) in [4.78, 5) is 23.3. The molecule has 0 saturated carbocycles. The fourth-order valence-corrected chi connectivity index (χ4v) is 2.94. The van der Waals surface area contributed by atoms with Crippen molar-refractivity contribution < 1.29 is 18.8 Å². The molecule has 0 aliphatic heterocycles. The van der Waals surface area contributed by atoms with Crippen molar-refractivity contribution >= 4 is 17.2 Å². The summed E-state index contributed by atoms with van der Waals surface area (Å²) in [5, 5.41) is 14.2. The molecule has 7 heteroatoms. The Morgan fingerprint density at radius 1 is 1.10 bits per heavy atom. The van der Waals surface area contributed by atoms with Crippen LogP contribution in [0.25, 0.3) is 0 Å². The van der Waals surface area contributed by atoms with Crippen LogP contribution in [0.3, 0.4) is 0 Å². The van der Waals surface area contributed by atoms with E-state index in [1.165, 1.54) is 36.4 Å². The third-order valence-electron chi connectivity index (χ3n) is 4.47. The largest absolute Gasteiger partial charge is 0.497 e. The maximum Gasteiger partial charge on any atom is 0.271 e. The van der Waals surface area contributed by atoms with Crippen LogP contribution < -0.4 is 10.1 Å². The second kappa shape index (κ2) is 8.97. The molecule has 0 spiro atoms. The van der Waals surface area contributed by atoms with Gasteiger partial charge < -0.3 is 10.1 Å². The molecule has 0 aliphatic rings. The molecule has 3 aromatic rings. The van der Waals surface area contributed by atoms with Crippen LogP contribution in [0.5, 0.6) is 5.75 Å². The molecule has 1 unspecified atom stereocenters. The summed E-state index contributed by atoms with van der Waals surface area (Å²) in [7, 11) is 1.56. The Morgan fingerprint density at radius 3 is 2.41 bits per heavy atom. The smallest absolute Gasteiger partial charge is 0.271 e. The van der Waals surface area contributed by atoms with E-state index in [-0.39, 0.29) is 17.9 Å². The van der Waals surface area contributed by atoms with Gasteiger partial charge in [-0.1, -0.05) is 18.2 Å². The van der Waals surface area contributed by atoms with Gasteiger partial charge in [-0.05, 0) is 48.0 Å². The maximum absolute atomic E-state index is 13.1. The molecule has 3 aromatic carbocycles. The van der Waals surface area contributed by atoms with E-state index in [0.29, 0.717) is 17.0 Å². The Hall–Kier alpha value is -3.74. The third-order valence-corrected chi connectivity index (χ3v) is 4.47. The Morgan fingerprint density at radius 2 is 1.79 bits per heavy atom. The number of halogens is 1. The summed E-state index contributed by atoms with van der Waals surface area (Å²) in [6.45, 7) is 0. The molecule has 0 fully saturated rings. The molecule has 0 aliphatic carbocycles. The highest BCUT2D eigenvalue weighted by atomic mass is 19.1. The fraction of sp³-hybridized carbons (Fsp3) is 0.136. The van der Waals surface area contributed by atoms with Gasteiger partial charge in [0.15, 0.2) is 5.78 Å². The molecule has 6 nitrogen and oxygen atoms in total. The highest BCUT2D eigenvalue weighted by Crippen LogP contribution is 2.28. The quantitative estimate of drug-likeness (QED) is 0.324. The molecular weight excluding hydrogens is 375 g/mol. The molecule has 0 heterocycles. The third kappa shape index (κ3) is 5.16. The number of Topliss-reactive ketones (excluding diaryl/α,β-unsaturated/α-hetero) is 1. The van der Waals surface area contributed by atoms with E-state index in [9.17, 15) is 19.3 Å². The number of non-ortho nitro benzene ring substituents is 1.